The smallest absolute Gasteiger partial charge is 0.267 e. The van der Waals surface area contributed by atoms with Crippen molar-refractivity contribution in [3.05, 3.63) is 51.7 Å². The Morgan fingerprint density at radius 3 is 2.91 bits per heavy atom. The quantitative estimate of drug-likeness (QED) is 0.555. The molecular weight excluding hydrogens is 448 g/mol. The van der Waals surface area contributed by atoms with E-state index >= 15 is 0 Å². The molecule has 8 nitrogen and oxygen atoms in total. The van der Waals surface area contributed by atoms with E-state index in [0.717, 1.165) is 25.2 Å². The Labute approximate surface area is 195 Å². The molecule has 2 bridgehead atoms. The number of carbonyl (C=O) groups is 1. The van der Waals surface area contributed by atoms with Crippen LogP contribution in [-0.4, -0.2) is 51.5 Å². The first-order valence-corrected chi connectivity index (χ1v) is 11.7. The highest BCUT2D eigenvalue weighted by Crippen LogP contribution is 2.32. The van der Waals surface area contributed by atoms with Gasteiger partial charge in [0.2, 0.25) is 5.88 Å². The molecule has 32 heavy (non-hydrogen) atoms. The summed E-state index contributed by atoms with van der Waals surface area (Å²) in [6.45, 7) is 6.95. The molecule has 4 heterocycles. The van der Waals surface area contributed by atoms with Gasteiger partial charge < -0.3 is 15.4 Å². The minimum Gasteiger partial charge on any atom is -0.472 e. The molecule has 0 saturated carbocycles. The Morgan fingerprint density at radius 2 is 2.16 bits per heavy atom. The van der Waals surface area contributed by atoms with Gasteiger partial charge in [0.05, 0.1) is 16.9 Å². The topological polar surface area (TPSA) is 92.3 Å². The van der Waals surface area contributed by atoms with Crippen LogP contribution in [0.1, 0.15) is 27.5 Å². The molecule has 0 radical (unpaired) electrons. The van der Waals surface area contributed by atoms with E-state index in [-0.39, 0.29) is 12.0 Å². The second kappa shape index (κ2) is 8.65. The van der Waals surface area contributed by atoms with Gasteiger partial charge in [0.1, 0.15) is 22.6 Å². The number of rotatable bonds is 6. The lowest BCUT2D eigenvalue weighted by Gasteiger charge is -2.22. The molecule has 2 aliphatic heterocycles. The lowest BCUT2D eigenvalue weighted by atomic mass is 10.0. The number of hydrogen-bond donors (Lipinski definition) is 2. The molecule has 3 unspecified atom stereocenters. The van der Waals surface area contributed by atoms with Gasteiger partial charge in [-0.05, 0) is 38.4 Å². The van der Waals surface area contributed by atoms with Crippen LogP contribution in [-0.2, 0) is 0 Å². The van der Waals surface area contributed by atoms with Crippen molar-refractivity contribution in [3.63, 3.8) is 0 Å². The first kappa shape index (κ1) is 21.1. The second-order valence-corrected chi connectivity index (χ2v) is 9.58. The zero-order valence-electron chi connectivity index (χ0n) is 17.8. The largest absolute Gasteiger partial charge is 0.472 e. The molecule has 0 spiro atoms. The maximum Gasteiger partial charge on any atom is 0.267 e. The normalized spacial score (nSPS) is 21.5. The van der Waals surface area contributed by atoms with Crippen LogP contribution in [0.25, 0.3) is 0 Å². The number of para-hydroxylation sites is 1. The maximum atomic E-state index is 12.7. The molecular formula is C22H23ClN6O2S. The molecule has 0 aliphatic carbocycles. The van der Waals surface area contributed by atoms with Crippen LogP contribution in [0, 0.1) is 19.8 Å². The Hall–Kier alpha value is -2.75. The molecule has 166 valence electrons. The monoisotopic (exact) mass is 470 g/mol. The fraction of sp³-hybridized carbons (Fsp3) is 0.364. The number of anilines is 3. The fourth-order valence-electron chi connectivity index (χ4n) is 4.20. The summed E-state index contributed by atoms with van der Waals surface area (Å²) in [5.74, 6) is 2.06. The molecule has 10 heteroatoms. The Kier molecular flexibility index (Phi) is 5.71. The summed E-state index contributed by atoms with van der Waals surface area (Å²) >= 11 is 7.45. The number of nitrogens with zero attached hydrogens (tertiary/aromatic N) is 4. The van der Waals surface area contributed by atoms with Gasteiger partial charge in [-0.2, -0.15) is 4.98 Å². The van der Waals surface area contributed by atoms with Crippen LogP contribution in [0.3, 0.4) is 0 Å². The van der Waals surface area contributed by atoms with Crippen molar-refractivity contribution in [2.75, 3.05) is 30.3 Å². The Morgan fingerprint density at radius 1 is 1.28 bits per heavy atom. The van der Waals surface area contributed by atoms with E-state index in [1.165, 1.54) is 24.0 Å². The van der Waals surface area contributed by atoms with Crippen LogP contribution in [0.2, 0.25) is 5.02 Å². The number of thiazole rings is 1. The number of hydrogen-bond acceptors (Lipinski definition) is 8. The van der Waals surface area contributed by atoms with Crippen molar-refractivity contribution >= 4 is 45.5 Å². The van der Waals surface area contributed by atoms with Crippen LogP contribution >= 0.6 is 22.9 Å². The van der Waals surface area contributed by atoms with Gasteiger partial charge in [-0.15, -0.1) is 0 Å². The van der Waals surface area contributed by atoms with Crippen molar-refractivity contribution < 1.29 is 9.53 Å². The van der Waals surface area contributed by atoms with Gasteiger partial charge in [-0.1, -0.05) is 35.1 Å². The number of halogens is 1. The lowest BCUT2D eigenvalue weighted by Crippen LogP contribution is -2.32. The third-order valence-electron chi connectivity index (χ3n) is 5.78. The molecule has 2 saturated heterocycles. The molecule has 2 fully saturated rings. The van der Waals surface area contributed by atoms with Gasteiger partial charge in [0.15, 0.2) is 5.13 Å². The molecule has 2 N–H and O–H groups in total. The first-order valence-electron chi connectivity index (χ1n) is 10.5. The number of ether oxygens (including phenoxy) is 1. The summed E-state index contributed by atoms with van der Waals surface area (Å²) in [5.41, 5.74) is 1.50. The molecule has 1 aromatic carbocycles. The lowest BCUT2D eigenvalue weighted by molar-refractivity contribution is 0.103. The zero-order valence-corrected chi connectivity index (χ0v) is 19.3. The standard InChI is InChI=1S/C22H23ClN6O2S/c1-12-4-3-5-15(23)20(12)28-21(30)17-9-24-22(32-17)27-18-8-19(26-13(2)25-18)31-16-11-29-7-6-14(16)10-29/h3-5,8-9,14,16H,6-7,10-11H2,1-2H3,(H,28,30)(H,24,25,26,27). The minimum atomic E-state index is -0.263. The van der Waals surface area contributed by atoms with Crippen LogP contribution in [0.15, 0.2) is 30.5 Å². The molecule has 3 atom stereocenters. The first-order chi connectivity index (χ1) is 15.4. The van der Waals surface area contributed by atoms with Crippen molar-refractivity contribution in [1.29, 1.82) is 0 Å². The van der Waals surface area contributed by atoms with E-state index in [1.54, 1.807) is 12.1 Å². The average Bonchev–Trinajstić information content (AvgIpc) is 3.48. The number of amides is 1. The van der Waals surface area contributed by atoms with Gasteiger partial charge in [0, 0.05) is 25.1 Å². The summed E-state index contributed by atoms with van der Waals surface area (Å²) < 4.78 is 6.17. The third-order valence-corrected chi connectivity index (χ3v) is 7.01. The third kappa shape index (κ3) is 4.41. The van der Waals surface area contributed by atoms with Gasteiger partial charge in [-0.3, -0.25) is 9.69 Å². The summed E-state index contributed by atoms with van der Waals surface area (Å²) in [4.78, 5) is 28.7. The highest BCUT2D eigenvalue weighted by Gasteiger charge is 2.39. The zero-order chi connectivity index (χ0) is 22.2. The fourth-order valence-corrected chi connectivity index (χ4v) is 5.19. The second-order valence-electron chi connectivity index (χ2n) is 8.14. The van der Waals surface area contributed by atoms with Crippen molar-refractivity contribution in [2.24, 2.45) is 5.92 Å². The summed E-state index contributed by atoms with van der Waals surface area (Å²) in [7, 11) is 0. The number of piperidine rings is 1. The molecule has 2 aliphatic rings. The van der Waals surface area contributed by atoms with E-state index in [2.05, 4.69) is 30.5 Å². The SMILES string of the molecule is Cc1nc(Nc2ncc(C(=O)Nc3c(C)cccc3Cl)s2)cc(OC2CN3CCC2C3)n1. The molecule has 2 aromatic heterocycles. The minimum absolute atomic E-state index is 0.175. The van der Waals surface area contributed by atoms with Crippen molar-refractivity contribution in [2.45, 2.75) is 26.4 Å². The predicted molar refractivity (Wildman–Crippen MR) is 125 cm³/mol. The Bertz CT molecular complexity index is 1150. The highest BCUT2D eigenvalue weighted by atomic mass is 35.5. The molecule has 5 rings (SSSR count). The summed E-state index contributed by atoms with van der Waals surface area (Å²) in [6, 6.07) is 7.27. The number of carbonyl (C=O) groups excluding carboxylic acids is 1. The van der Waals surface area contributed by atoms with E-state index < -0.39 is 0 Å². The number of benzene rings is 1. The van der Waals surface area contributed by atoms with E-state index in [9.17, 15) is 4.79 Å². The number of nitrogens with one attached hydrogen (secondary N) is 2. The van der Waals surface area contributed by atoms with Crippen LogP contribution in [0.5, 0.6) is 5.88 Å². The van der Waals surface area contributed by atoms with E-state index in [0.29, 0.717) is 44.2 Å². The van der Waals surface area contributed by atoms with Gasteiger partial charge in [0.25, 0.3) is 5.91 Å². The van der Waals surface area contributed by atoms with Crippen molar-refractivity contribution in [3.8, 4) is 5.88 Å². The van der Waals surface area contributed by atoms with Crippen LogP contribution in [0.4, 0.5) is 16.6 Å². The summed E-state index contributed by atoms with van der Waals surface area (Å²) in [5, 5.41) is 7.09. The molecule has 1 amide bonds. The Balaban J connectivity index is 1.27. The van der Waals surface area contributed by atoms with Crippen molar-refractivity contribution in [1.82, 2.24) is 19.9 Å². The van der Waals surface area contributed by atoms with Crippen LogP contribution < -0.4 is 15.4 Å². The highest BCUT2D eigenvalue weighted by molar-refractivity contribution is 7.17. The average molecular weight is 471 g/mol. The number of aromatic nitrogens is 3. The van der Waals surface area contributed by atoms with Gasteiger partial charge in [-0.25, -0.2) is 9.97 Å². The number of aryl methyl sites for hydroxylation is 2. The molecule has 3 aromatic rings. The maximum absolute atomic E-state index is 12.7. The summed E-state index contributed by atoms with van der Waals surface area (Å²) in [6.07, 6.45) is 2.88. The van der Waals surface area contributed by atoms with Gasteiger partial charge >= 0.3 is 0 Å². The number of fused-ring (bicyclic) bond motifs is 2. The predicted octanol–water partition coefficient (Wildman–Crippen LogP) is 4.28. The van der Waals surface area contributed by atoms with E-state index in [4.69, 9.17) is 16.3 Å². The van der Waals surface area contributed by atoms with E-state index in [1.807, 2.05) is 26.0 Å².